The van der Waals surface area contributed by atoms with Gasteiger partial charge in [0.25, 0.3) is 0 Å². The van der Waals surface area contributed by atoms with Crippen LogP contribution < -0.4 is 5.32 Å². The number of β-amino-alcohol motifs (C(OH)–C–C–N with tert-alkyl or cyclic N) is 1. The van der Waals surface area contributed by atoms with Crippen LogP contribution in [-0.2, 0) is 9.59 Å². The fourth-order valence-corrected chi connectivity index (χ4v) is 3.59. The summed E-state index contributed by atoms with van der Waals surface area (Å²) in [6.45, 7) is 9.30. The number of nitrogens with zero attached hydrogens (tertiary/aromatic N) is 2. The number of hydrogen-bond donors (Lipinski definition) is 2. The molecule has 0 aromatic carbocycles. The molecule has 2 saturated heterocycles. The van der Waals surface area contributed by atoms with E-state index in [1.807, 2.05) is 20.8 Å². The Morgan fingerprint density at radius 2 is 1.88 bits per heavy atom. The Hall–Kier alpha value is -1.58. The molecule has 0 spiro atoms. The fourth-order valence-electron chi connectivity index (χ4n) is 3.59. The van der Waals surface area contributed by atoms with Gasteiger partial charge in [0.05, 0.1) is 6.10 Å². The van der Waals surface area contributed by atoms with Gasteiger partial charge in [-0.1, -0.05) is 20.8 Å². The van der Waals surface area contributed by atoms with Gasteiger partial charge >= 0.3 is 0 Å². The highest BCUT2D eigenvalue weighted by atomic mass is 16.3. The second kappa shape index (κ2) is 8.88. The number of piperidine rings is 1. The molecule has 0 aromatic heterocycles. The van der Waals surface area contributed by atoms with Crippen molar-refractivity contribution in [2.24, 2.45) is 11.3 Å². The van der Waals surface area contributed by atoms with Crippen molar-refractivity contribution in [2.45, 2.75) is 58.6 Å². The second-order valence-corrected chi connectivity index (χ2v) is 8.63. The molecule has 0 radical (unpaired) electrons. The predicted octanol–water partition coefficient (Wildman–Crippen LogP) is 0.846. The molecule has 2 heterocycles. The first-order chi connectivity index (χ1) is 12.2. The van der Waals surface area contributed by atoms with E-state index >= 15 is 0 Å². The summed E-state index contributed by atoms with van der Waals surface area (Å²) < 4.78 is 0. The highest BCUT2D eigenvalue weighted by Crippen LogP contribution is 2.23. The highest BCUT2D eigenvalue weighted by molar-refractivity contribution is 5.88. The first-order valence-electron chi connectivity index (χ1n) is 9.65. The Kier molecular flexibility index (Phi) is 7.08. The normalized spacial score (nSPS) is 23.5. The van der Waals surface area contributed by atoms with Crippen LogP contribution in [0.25, 0.3) is 0 Å². The quantitative estimate of drug-likeness (QED) is 0.710. The van der Waals surface area contributed by atoms with Gasteiger partial charge in [0, 0.05) is 32.0 Å². The average molecular weight is 364 g/mol. The lowest BCUT2D eigenvalue weighted by Gasteiger charge is -2.34. The van der Waals surface area contributed by atoms with E-state index in [2.05, 4.69) is 16.1 Å². The summed E-state index contributed by atoms with van der Waals surface area (Å²) in [5.74, 6) is 2.97. The number of carbonyl (C=O) groups is 2. The SMILES string of the molecule is C#CC1CCN(CCC(=O)N[C@H](C(=O)N2CC[C@@H](O)C2)C(C)(C)C)CC1. The molecular weight excluding hydrogens is 330 g/mol. The van der Waals surface area contributed by atoms with E-state index in [-0.39, 0.29) is 17.2 Å². The van der Waals surface area contributed by atoms with Crippen molar-refractivity contribution >= 4 is 11.8 Å². The number of likely N-dealkylation sites (tertiary alicyclic amines) is 2. The summed E-state index contributed by atoms with van der Waals surface area (Å²) in [4.78, 5) is 29.2. The van der Waals surface area contributed by atoms with Crippen LogP contribution in [0.4, 0.5) is 0 Å². The third-order valence-corrected chi connectivity index (χ3v) is 5.37. The predicted molar refractivity (Wildman–Crippen MR) is 101 cm³/mol. The van der Waals surface area contributed by atoms with Gasteiger partial charge in [0.1, 0.15) is 6.04 Å². The zero-order valence-corrected chi connectivity index (χ0v) is 16.3. The van der Waals surface area contributed by atoms with Gasteiger partial charge in [0.15, 0.2) is 0 Å². The molecule has 2 rings (SSSR count). The zero-order chi connectivity index (χ0) is 19.3. The molecule has 0 aromatic rings. The Balaban J connectivity index is 1.85. The average Bonchev–Trinajstić information content (AvgIpc) is 3.03. The molecule has 0 bridgehead atoms. The van der Waals surface area contributed by atoms with Crippen LogP contribution in [0.5, 0.6) is 0 Å². The second-order valence-electron chi connectivity index (χ2n) is 8.63. The standard InChI is InChI=1S/C20H33N3O3/c1-5-15-6-10-22(11-7-15)12-9-17(25)21-18(20(2,3)4)19(26)23-13-8-16(24)14-23/h1,15-16,18,24H,6-14H2,2-4H3,(H,21,25)/t16-,18-/m1/s1. The first kappa shape index (κ1) is 20.7. The van der Waals surface area contributed by atoms with Crippen LogP contribution in [0, 0.1) is 23.7 Å². The van der Waals surface area contributed by atoms with Crippen molar-refractivity contribution in [3.63, 3.8) is 0 Å². The maximum atomic E-state index is 12.8. The van der Waals surface area contributed by atoms with E-state index in [1.165, 1.54) is 0 Å². The van der Waals surface area contributed by atoms with Gasteiger partial charge in [-0.3, -0.25) is 9.59 Å². The smallest absolute Gasteiger partial charge is 0.245 e. The summed E-state index contributed by atoms with van der Waals surface area (Å²) in [5, 5.41) is 12.6. The Labute approximate surface area is 157 Å². The molecule has 6 heteroatoms. The molecule has 2 aliphatic rings. The van der Waals surface area contributed by atoms with Crippen LogP contribution in [0.2, 0.25) is 0 Å². The molecule has 2 N–H and O–H groups in total. The van der Waals surface area contributed by atoms with Gasteiger partial charge in [-0.2, -0.15) is 0 Å². The van der Waals surface area contributed by atoms with Crippen molar-refractivity contribution in [1.29, 1.82) is 0 Å². The molecule has 6 nitrogen and oxygen atoms in total. The van der Waals surface area contributed by atoms with Crippen molar-refractivity contribution in [1.82, 2.24) is 15.1 Å². The number of carbonyl (C=O) groups excluding carboxylic acids is 2. The highest BCUT2D eigenvalue weighted by Gasteiger charge is 2.37. The molecular formula is C20H33N3O3. The van der Waals surface area contributed by atoms with E-state index in [9.17, 15) is 14.7 Å². The number of aliphatic hydroxyl groups is 1. The summed E-state index contributed by atoms with van der Waals surface area (Å²) in [6.07, 6.45) is 7.96. The largest absolute Gasteiger partial charge is 0.391 e. The van der Waals surface area contributed by atoms with Crippen LogP contribution in [0.15, 0.2) is 0 Å². The molecule has 26 heavy (non-hydrogen) atoms. The van der Waals surface area contributed by atoms with Gasteiger partial charge < -0.3 is 20.2 Å². The molecule has 2 atom stereocenters. The molecule has 0 unspecified atom stereocenters. The lowest BCUT2D eigenvalue weighted by atomic mass is 9.85. The van der Waals surface area contributed by atoms with Crippen molar-refractivity contribution in [2.75, 3.05) is 32.7 Å². The lowest BCUT2D eigenvalue weighted by molar-refractivity contribution is -0.139. The van der Waals surface area contributed by atoms with Gasteiger partial charge in [-0.25, -0.2) is 0 Å². The lowest BCUT2D eigenvalue weighted by Crippen LogP contribution is -2.54. The molecule has 146 valence electrons. The first-order valence-corrected chi connectivity index (χ1v) is 9.65. The van der Waals surface area contributed by atoms with Gasteiger partial charge in [0.2, 0.25) is 11.8 Å². The number of hydrogen-bond acceptors (Lipinski definition) is 4. The molecule has 2 amide bonds. The number of amides is 2. The maximum Gasteiger partial charge on any atom is 0.245 e. The zero-order valence-electron chi connectivity index (χ0n) is 16.3. The van der Waals surface area contributed by atoms with E-state index in [4.69, 9.17) is 6.42 Å². The summed E-state index contributed by atoms with van der Waals surface area (Å²) in [6, 6.07) is -0.576. The monoisotopic (exact) mass is 363 g/mol. The minimum absolute atomic E-state index is 0.0998. The maximum absolute atomic E-state index is 12.8. The summed E-state index contributed by atoms with van der Waals surface area (Å²) in [7, 11) is 0. The summed E-state index contributed by atoms with van der Waals surface area (Å²) in [5.41, 5.74) is -0.384. The van der Waals surface area contributed by atoms with Gasteiger partial charge in [-0.15, -0.1) is 12.3 Å². The minimum Gasteiger partial charge on any atom is -0.391 e. The Bertz CT molecular complexity index is 541. The number of nitrogens with one attached hydrogen (secondary N) is 1. The molecule has 2 fully saturated rings. The van der Waals surface area contributed by atoms with E-state index in [0.717, 1.165) is 25.9 Å². The minimum atomic E-state index is -0.576. The number of aliphatic hydroxyl groups excluding tert-OH is 1. The van der Waals surface area contributed by atoms with Crippen LogP contribution in [0.3, 0.4) is 0 Å². The van der Waals surface area contributed by atoms with Crippen molar-refractivity contribution in [3.8, 4) is 12.3 Å². The summed E-state index contributed by atoms with van der Waals surface area (Å²) >= 11 is 0. The van der Waals surface area contributed by atoms with Crippen molar-refractivity contribution in [3.05, 3.63) is 0 Å². The number of rotatable bonds is 5. The van der Waals surface area contributed by atoms with Gasteiger partial charge in [-0.05, 0) is 37.8 Å². The third-order valence-electron chi connectivity index (χ3n) is 5.37. The fraction of sp³-hybridized carbons (Fsp3) is 0.800. The number of terminal acetylenes is 1. The van der Waals surface area contributed by atoms with Crippen LogP contribution >= 0.6 is 0 Å². The van der Waals surface area contributed by atoms with E-state index in [1.54, 1.807) is 4.90 Å². The third kappa shape index (κ3) is 5.72. The van der Waals surface area contributed by atoms with E-state index in [0.29, 0.717) is 38.4 Å². The molecule has 2 aliphatic heterocycles. The Morgan fingerprint density at radius 3 is 2.38 bits per heavy atom. The van der Waals surface area contributed by atoms with E-state index < -0.39 is 12.1 Å². The Morgan fingerprint density at radius 1 is 1.23 bits per heavy atom. The van der Waals surface area contributed by atoms with Crippen molar-refractivity contribution < 1.29 is 14.7 Å². The van der Waals surface area contributed by atoms with Crippen LogP contribution in [-0.4, -0.2) is 71.6 Å². The molecule has 0 aliphatic carbocycles. The molecule has 0 saturated carbocycles. The topological polar surface area (TPSA) is 72.9 Å². The van der Waals surface area contributed by atoms with Crippen LogP contribution in [0.1, 0.15) is 46.5 Å².